The van der Waals surface area contributed by atoms with Crippen molar-refractivity contribution in [3.63, 3.8) is 0 Å². The predicted octanol–water partition coefficient (Wildman–Crippen LogP) is 4.87. The molecular weight excluding hydrogens is 428 g/mol. The number of rotatable bonds is 9. The Kier molecular flexibility index (Phi) is 7.47. The van der Waals surface area contributed by atoms with Crippen molar-refractivity contribution in [2.45, 2.75) is 25.6 Å². The van der Waals surface area contributed by atoms with Gasteiger partial charge in [-0.3, -0.25) is 0 Å². The lowest BCUT2D eigenvalue weighted by Crippen LogP contribution is -2.25. The number of benzene rings is 2. The Morgan fingerprint density at radius 3 is 2.81 bits per heavy atom. The number of anilines is 1. The molecule has 7 heteroatoms. The molecule has 1 aromatic heterocycles. The van der Waals surface area contributed by atoms with Crippen LogP contribution in [0.3, 0.4) is 0 Å². The number of ether oxygens (including phenoxy) is 3. The third kappa shape index (κ3) is 5.33. The SMILES string of the molecule is COCc1ccccc1Oc1ccc(N2CCC(Oc3ncccc3Cl)C2)c(CCO)c1. The van der Waals surface area contributed by atoms with Gasteiger partial charge in [0.2, 0.25) is 5.88 Å². The second kappa shape index (κ2) is 10.7. The van der Waals surface area contributed by atoms with Crippen LogP contribution in [-0.2, 0) is 17.8 Å². The van der Waals surface area contributed by atoms with Crippen molar-refractivity contribution in [1.29, 1.82) is 0 Å². The van der Waals surface area contributed by atoms with Gasteiger partial charge in [0.25, 0.3) is 0 Å². The minimum atomic E-state index is 0.00113. The summed E-state index contributed by atoms with van der Waals surface area (Å²) in [5, 5.41) is 10.2. The van der Waals surface area contributed by atoms with E-state index < -0.39 is 0 Å². The Bertz CT molecular complexity index is 1050. The summed E-state index contributed by atoms with van der Waals surface area (Å²) in [5.41, 5.74) is 3.09. The van der Waals surface area contributed by atoms with Crippen molar-refractivity contribution in [3.05, 3.63) is 76.9 Å². The molecule has 0 amide bonds. The number of aliphatic hydroxyl groups is 1. The molecule has 1 aliphatic rings. The molecule has 1 atom stereocenters. The fourth-order valence-corrected chi connectivity index (χ4v) is 4.08. The molecule has 0 saturated carbocycles. The summed E-state index contributed by atoms with van der Waals surface area (Å²) in [5.74, 6) is 1.96. The van der Waals surface area contributed by atoms with E-state index in [0.29, 0.717) is 23.9 Å². The highest BCUT2D eigenvalue weighted by atomic mass is 35.5. The predicted molar refractivity (Wildman–Crippen MR) is 125 cm³/mol. The lowest BCUT2D eigenvalue weighted by molar-refractivity contribution is 0.182. The number of pyridine rings is 1. The first-order valence-corrected chi connectivity index (χ1v) is 11.1. The van der Waals surface area contributed by atoms with E-state index in [1.54, 1.807) is 25.4 Å². The van der Waals surface area contributed by atoms with Crippen LogP contribution in [0.2, 0.25) is 5.02 Å². The average Bonchev–Trinajstić information content (AvgIpc) is 3.26. The van der Waals surface area contributed by atoms with Crippen LogP contribution in [0.5, 0.6) is 17.4 Å². The van der Waals surface area contributed by atoms with Gasteiger partial charge in [-0.15, -0.1) is 0 Å². The summed E-state index contributed by atoms with van der Waals surface area (Å²) in [6.45, 7) is 2.12. The lowest BCUT2D eigenvalue weighted by Gasteiger charge is -2.23. The van der Waals surface area contributed by atoms with Gasteiger partial charge in [0, 0.05) is 44.1 Å². The molecule has 0 aliphatic carbocycles. The van der Waals surface area contributed by atoms with E-state index in [-0.39, 0.29) is 12.7 Å². The average molecular weight is 455 g/mol. The Hall–Kier alpha value is -2.80. The molecular formula is C25H27ClN2O4. The minimum absolute atomic E-state index is 0.00113. The quantitative estimate of drug-likeness (QED) is 0.498. The number of hydrogen-bond acceptors (Lipinski definition) is 6. The molecule has 0 radical (unpaired) electrons. The molecule has 32 heavy (non-hydrogen) atoms. The molecule has 2 aromatic carbocycles. The standard InChI is InChI=1S/C25H27ClN2O4/c1-30-17-19-5-2-3-7-24(19)31-20-8-9-23(18(15-20)11-14-29)28-13-10-21(16-28)32-25-22(26)6-4-12-27-25/h2-9,12,15,21,29H,10-11,13-14,16-17H2,1H3. The Labute approximate surface area is 193 Å². The number of halogens is 1. The van der Waals surface area contributed by atoms with Gasteiger partial charge >= 0.3 is 0 Å². The van der Waals surface area contributed by atoms with E-state index in [4.69, 9.17) is 25.8 Å². The van der Waals surface area contributed by atoms with Gasteiger partial charge in [0.1, 0.15) is 22.6 Å². The van der Waals surface area contributed by atoms with E-state index in [1.807, 2.05) is 36.4 Å². The van der Waals surface area contributed by atoms with E-state index in [1.165, 1.54) is 0 Å². The number of aromatic nitrogens is 1. The fraction of sp³-hybridized carbons (Fsp3) is 0.320. The molecule has 3 aromatic rings. The molecule has 1 aliphatic heterocycles. The first-order valence-electron chi connectivity index (χ1n) is 10.7. The van der Waals surface area contributed by atoms with E-state index in [2.05, 4.69) is 16.0 Å². The summed E-state index contributed by atoms with van der Waals surface area (Å²) in [4.78, 5) is 6.50. The summed E-state index contributed by atoms with van der Waals surface area (Å²) in [7, 11) is 1.67. The smallest absolute Gasteiger partial charge is 0.232 e. The Morgan fingerprint density at radius 2 is 2.00 bits per heavy atom. The molecule has 6 nitrogen and oxygen atoms in total. The van der Waals surface area contributed by atoms with Gasteiger partial charge in [0.05, 0.1) is 13.2 Å². The summed E-state index contributed by atoms with van der Waals surface area (Å²) >= 11 is 6.19. The molecule has 0 bridgehead atoms. The van der Waals surface area contributed by atoms with E-state index in [9.17, 15) is 5.11 Å². The van der Waals surface area contributed by atoms with Crippen molar-refractivity contribution in [3.8, 4) is 17.4 Å². The molecule has 2 heterocycles. The molecule has 1 N–H and O–H groups in total. The van der Waals surface area contributed by atoms with Gasteiger partial charge in [-0.05, 0) is 48.4 Å². The number of nitrogens with zero attached hydrogens (tertiary/aromatic N) is 2. The summed E-state index contributed by atoms with van der Waals surface area (Å²) in [6.07, 6.45) is 3.09. The van der Waals surface area contributed by atoms with Gasteiger partial charge in [0.15, 0.2) is 0 Å². The first kappa shape index (κ1) is 22.4. The Morgan fingerprint density at radius 1 is 1.12 bits per heavy atom. The zero-order valence-electron chi connectivity index (χ0n) is 18.0. The monoisotopic (exact) mass is 454 g/mol. The maximum atomic E-state index is 9.64. The third-order valence-electron chi connectivity index (χ3n) is 5.42. The molecule has 168 valence electrons. The van der Waals surface area contributed by atoms with Gasteiger partial charge < -0.3 is 24.2 Å². The van der Waals surface area contributed by atoms with E-state index in [0.717, 1.165) is 47.8 Å². The van der Waals surface area contributed by atoms with Crippen molar-refractivity contribution >= 4 is 17.3 Å². The summed E-state index contributed by atoms with van der Waals surface area (Å²) in [6, 6.07) is 17.4. The number of aliphatic hydroxyl groups excluding tert-OH is 1. The van der Waals surface area contributed by atoms with Crippen molar-refractivity contribution < 1.29 is 19.3 Å². The maximum Gasteiger partial charge on any atom is 0.232 e. The molecule has 1 fully saturated rings. The van der Waals surface area contributed by atoms with Crippen molar-refractivity contribution in [2.75, 3.05) is 31.7 Å². The fourth-order valence-electron chi connectivity index (χ4n) is 3.92. The highest BCUT2D eigenvalue weighted by Crippen LogP contribution is 2.33. The Balaban J connectivity index is 1.49. The van der Waals surface area contributed by atoms with Crippen molar-refractivity contribution in [2.24, 2.45) is 0 Å². The molecule has 1 saturated heterocycles. The third-order valence-corrected chi connectivity index (χ3v) is 5.71. The van der Waals surface area contributed by atoms with Crippen LogP contribution in [0.25, 0.3) is 0 Å². The first-order chi connectivity index (χ1) is 15.7. The van der Waals surface area contributed by atoms with Crippen LogP contribution in [0.1, 0.15) is 17.5 Å². The van der Waals surface area contributed by atoms with Crippen LogP contribution in [0.15, 0.2) is 60.8 Å². The lowest BCUT2D eigenvalue weighted by atomic mass is 10.1. The molecule has 1 unspecified atom stereocenters. The van der Waals surface area contributed by atoms with Crippen LogP contribution in [0.4, 0.5) is 5.69 Å². The van der Waals surface area contributed by atoms with Gasteiger partial charge in [-0.25, -0.2) is 4.98 Å². The minimum Gasteiger partial charge on any atom is -0.471 e. The molecule has 4 rings (SSSR count). The topological polar surface area (TPSA) is 64.1 Å². The normalized spacial score (nSPS) is 15.7. The number of para-hydroxylation sites is 1. The van der Waals surface area contributed by atoms with E-state index >= 15 is 0 Å². The maximum absolute atomic E-state index is 9.64. The number of hydrogen-bond donors (Lipinski definition) is 1. The second-order valence-electron chi connectivity index (χ2n) is 7.67. The highest BCUT2D eigenvalue weighted by Gasteiger charge is 2.26. The zero-order valence-corrected chi connectivity index (χ0v) is 18.8. The van der Waals surface area contributed by atoms with Gasteiger partial charge in [-0.1, -0.05) is 29.8 Å². The highest BCUT2D eigenvalue weighted by molar-refractivity contribution is 6.31. The van der Waals surface area contributed by atoms with Gasteiger partial charge in [-0.2, -0.15) is 0 Å². The van der Waals surface area contributed by atoms with Crippen LogP contribution < -0.4 is 14.4 Å². The van der Waals surface area contributed by atoms with Crippen LogP contribution in [-0.4, -0.2) is 43.0 Å². The van der Waals surface area contributed by atoms with Crippen LogP contribution in [0, 0.1) is 0 Å². The molecule has 0 spiro atoms. The van der Waals surface area contributed by atoms with Crippen LogP contribution >= 0.6 is 11.6 Å². The second-order valence-corrected chi connectivity index (χ2v) is 8.08. The number of methoxy groups -OCH3 is 1. The largest absolute Gasteiger partial charge is 0.471 e. The summed E-state index contributed by atoms with van der Waals surface area (Å²) < 4.78 is 17.4. The zero-order chi connectivity index (χ0) is 22.3. The van der Waals surface area contributed by atoms with Crippen molar-refractivity contribution in [1.82, 2.24) is 4.98 Å².